The number of fused-ring (bicyclic) bond motifs is 1. The number of nitrogens with zero attached hydrogens (tertiary/aromatic N) is 5. The van der Waals surface area contributed by atoms with Gasteiger partial charge in [-0.25, -0.2) is 4.98 Å². The highest BCUT2D eigenvalue weighted by atomic mass is 15.3. The summed E-state index contributed by atoms with van der Waals surface area (Å²) in [5, 5.41) is 17.1. The topological polar surface area (TPSA) is 105 Å². The third-order valence-electron chi connectivity index (χ3n) is 4.18. The Labute approximate surface area is 146 Å². The largest absolute Gasteiger partial charge is 0.382 e. The number of hydrogen-bond donors (Lipinski definition) is 2. The number of nitrogens with one attached hydrogen (secondary N) is 1. The molecule has 0 fully saturated rings. The number of anilines is 2. The van der Waals surface area contributed by atoms with Crippen LogP contribution in [0.3, 0.4) is 0 Å². The van der Waals surface area contributed by atoms with Crippen LogP contribution in [0.2, 0.25) is 0 Å². The highest BCUT2D eigenvalue weighted by molar-refractivity contribution is 5.69. The molecular formula is C18H21N7. The Balaban J connectivity index is 1.91. The van der Waals surface area contributed by atoms with Crippen molar-refractivity contribution in [3.63, 3.8) is 0 Å². The quantitative estimate of drug-likeness (QED) is 0.742. The van der Waals surface area contributed by atoms with Crippen molar-refractivity contribution in [2.45, 2.75) is 33.6 Å². The summed E-state index contributed by atoms with van der Waals surface area (Å²) in [4.78, 5) is 9.09. The van der Waals surface area contributed by atoms with Gasteiger partial charge in [-0.1, -0.05) is 13.0 Å². The van der Waals surface area contributed by atoms with Crippen molar-refractivity contribution < 1.29 is 0 Å². The summed E-state index contributed by atoms with van der Waals surface area (Å²) >= 11 is 0. The van der Waals surface area contributed by atoms with Gasteiger partial charge in [-0.2, -0.15) is 14.9 Å². The highest BCUT2D eigenvalue weighted by Gasteiger charge is 2.18. The minimum atomic E-state index is 0.312. The molecule has 0 aromatic carbocycles. The zero-order chi connectivity index (χ0) is 18.0. The zero-order valence-corrected chi connectivity index (χ0v) is 14.7. The molecule has 0 saturated heterocycles. The second-order valence-corrected chi connectivity index (χ2v) is 5.93. The number of hydrogen-bond acceptors (Lipinski definition) is 6. The first kappa shape index (κ1) is 16.7. The van der Waals surface area contributed by atoms with Gasteiger partial charge in [-0.3, -0.25) is 4.98 Å². The van der Waals surface area contributed by atoms with Crippen LogP contribution in [0.5, 0.6) is 0 Å². The van der Waals surface area contributed by atoms with Crippen LogP contribution in [0, 0.1) is 25.2 Å². The van der Waals surface area contributed by atoms with E-state index in [-0.39, 0.29) is 0 Å². The molecule has 128 valence electrons. The van der Waals surface area contributed by atoms with E-state index in [4.69, 9.17) is 5.73 Å². The molecule has 0 aliphatic carbocycles. The predicted octanol–water partition coefficient (Wildman–Crippen LogP) is 2.41. The van der Waals surface area contributed by atoms with Crippen molar-refractivity contribution in [2.75, 3.05) is 17.6 Å². The molecule has 3 N–H and O–H groups in total. The van der Waals surface area contributed by atoms with E-state index in [0.717, 1.165) is 35.5 Å². The number of nitrogen functional groups attached to an aromatic ring is 1. The average molecular weight is 335 g/mol. The van der Waals surface area contributed by atoms with Crippen molar-refractivity contribution in [2.24, 2.45) is 0 Å². The smallest absolute Gasteiger partial charge is 0.163 e. The van der Waals surface area contributed by atoms with Crippen molar-refractivity contribution in [1.82, 2.24) is 19.6 Å². The summed E-state index contributed by atoms with van der Waals surface area (Å²) in [6, 6.07) is 8.08. The zero-order valence-electron chi connectivity index (χ0n) is 14.7. The third kappa shape index (κ3) is 3.11. The van der Waals surface area contributed by atoms with E-state index in [9.17, 15) is 5.26 Å². The van der Waals surface area contributed by atoms with Crippen molar-refractivity contribution in [3.05, 3.63) is 46.4 Å². The van der Waals surface area contributed by atoms with Gasteiger partial charge in [0.25, 0.3) is 0 Å². The van der Waals surface area contributed by atoms with E-state index in [1.165, 1.54) is 0 Å². The molecule has 0 saturated carbocycles. The minimum absolute atomic E-state index is 0.312. The van der Waals surface area contributed by atoms with Crippen LogP contribution >= 0.6 is 0 Å². The first-order valence-electron chi connectivity index (χ1n) is 8.29. The number of aromatic nitrogens is 4. The number of nitrogens with two attached hydrogens (primary N) is 1. The fourth-order valence-electron chi connectivity index (χ4n) is 2.92. The van der Waals surface area contributed by atoms with Crippen molar-refractivity contribution >= 4 is 17.3 Å². The van der Waals surface area contributed by atoms with Gasteiger partial charge in [0.15, 0.2) is 5.65 Å². The lowest BCUT2D eigenvalue weighted by molar-refractivity contribution is 0.912. The van der Waals surface area contributed by atoms with Gasteiger partial charge in [0.1, 0.15) is 23.3 Å². The van der Waals surface area contributed by atoms with Crippen LogP contribution in [0.25, 0.3) is 5.65 Å². The van der Waals surface area contributed by atoms with Crippen LogP contribution in [0.15, 0.2) is 18.2 Å². The van der Waals surface area contributed by atoms with Crippen LogP contribution in [0.4, 0.5) is 11.6 Å². The van der Waals surface area contributed by atoms with E-state index in [0.29, 0.717) is 29.4 Å². The number of aryl methyl sites for hydroxylation is 3. The van der Waals surface area contributed by atoms with Crippen LogP contribution < -0.4 is 11.1 Å². The number of rotatable bonds is 5. The fraction of sp³-hybridized carbons (Fsp3) is 0.333. The maximum absolute atomic E-state index is 9.48. The van der Waals surface area contributed by atoms with Crippen LogP contribution in [0.1, 0.15) is 35.1 Å². The first-order valence-corrected chi connectivity index (χ1v) is 8.29. The van der Waals surface area contributed by atoms with Gasteiger partial charge in [-0.05, 0) is 32.4 Å². The van der Waals surface area contributed by atoms with E-state index < -0.39 is 0 Å². The van der Waals surface area contributed by atoms with E-state index in [2.05, 4.69) is 33.4 Å². The number of pyridine rings is 1. The van der Waals surface area contributed by atoms with Gasteiger partial charge in [-0.15, -0.1) is 0 Å². The molecule has 7 nitrogen and oxygen atoms in total. The average Bonchev–Trinajstić information content (AvgIpc) is 2.91. The Bertz CT molecular complexity index is 966. The van der Waals surface area contributed by atoms with Gasteiger partial charge < -0.3 is 11.1 Å². The Kier molecular flexibility index (Phi) is 4.52. The lowest BCUT2D eigenvalue weighted by atomic mass is 10.2. The summed E-state index contributed by atoms with van der Waals surface area (Å²) in [6.07, 6.45) is 1.54. The van der Waals surface area contributed by atoms with Gasteiger partial charge >= 0.3 is 0 Å². The lowest BCUT2D eigenvalue weighted by Crippen LogP contribution is -2.13. The molecule has 0 amide bonds. The predicted molar refractivity (Wildman–Crippen MR) is 97.4 cm³/mol. The Hall–Kier alpha value is -3.14. The molecule has 0 spiro atoms. The molecule has 0 bridgehead atoms. The molecule has 7 heteroatoms. The van der Waals surface area contributed by atoms with Crippen LogP contribution in [-0.4, -0.2) is 26.1 Å². The molecule has 0 atom stereocenters. The molecule has 0 unspecified atom stereocenters. The molecule has 3 aromatic rings. The molecule has 0 aliphatic rings. The number of nitriles is 1. The van der Waals surface area contributed by atoms with Gasteiger partial charge in [0.2, 0.25) is 0 Å². The molecule has 3 aromatic heterocycles. The van der Waals surface area contributed by atoms with Gasteiger partial charge in [0.05, 0.1) is 5.69 Å². The van der Waals surface area contributed by atoms with Crippen molar-refractivity contribution in [3.8, 4) is 6.07 Å². The summed E-state index contributed by atoms with van der Waals surface area (Å²) in [5.74, 6) is 0.807. The van der Waals surface area contributed by atoms with Gasteiger partial charge in [0, 0.05) is 29.9 Å². The maximum atomic E-state index is 9.48. The molecule has 0 aliphatic heterocycles. The monoisotopic (exact) mass is 335 g/mol. The van der Waals surface area contributed by atoms with Crippen molar-refractivity contribution in [1.29, 1.82) is 5.26 Å². The molecule has 0 radical (unpaired) electrons. The minimum Gasteiger partial charge on any atom is -0.382 e. The summed E-state index contributed by atoms with van der Waals surface area (Å²) in [7, 11) is 0. The molecular weight excluding hydrogens is 314 g/mol. The fourth-order valence-corrected chi connectivity index (χ4v) is 2.92. The lowest BCUT2D eigenvalue weighted by Gasteiger charge is -2.10. The highest BCUT2D eigenvalue weighted by Crippen LogP contribution is 2.24. The summed E-state index contributed by atoms with van der Waals surface area (Å²) < 4.78 is 1.56. The second kappa shape index (κ2) is 6.77. The Morgan fingerprint density at radius 2 is 2.08 bits per heavy atom. The van der Waals surface area contributed by atoms with E-state index in [1.807, 2.05) is 32.0 Å². The third-order valence-corrected chi connectivity index (χ3v) is 4.18. The van der Waals surface area contributed by atoms with E-state index in [1.54, 1.807) is 4.52 Å². The first-order chi connectivity index (χ1) is 12.0. The normalized spacial score (nSPS) is 10.8. The molecule has 25 heavy (non-hydrogen) atoms. The second-order valence-electron chi connectivity index (χ2n) is 5.93. The molecule has 3 rings (SSSR count). The molecule has 3 heterocycles. The summed E-state index contributed by atoms with van der Waals surface area (Å²) in [6.45, 7) is 6.56. The standard InChI is InChI=1S/C18H21N7/c1-4-14-12(3)24-25-16(20)15(10-19)17(23-18(14)25)21-9-8-13-7-5-6-11(2)22-13/h5-7H,4,8-9,20H2,1-3H3,(H,21,23). The van der Waals surface area contributed by atoms with Crippen LogP contribution in [-0.2, 0) is 12.8 Å². The Morgan fingerprint density at radius 1 is 1.28 bits per heavy atom. The summed E-state index contributed by atoms with van der Waals surface area (Å²) in [5.41, 5.74) is 11.1. The maximum Gasteiger partial charge on any atom is 0.163 e. The SMILES string of the molecule is CCc1c(C)nn2c(N)c(C#N)c(NCCc3cccc(C)n3)nc12. The van der Waals surface area contributed by atoms with E-state index >= 15 is 0 Å². The Morgan fingerprint density at radius 3 is 2.76 bits per heavy atom.